The van der Waals surface area contributed by atoms with Crippen LogP contribution < -0.4 is 10.6 Å². The highest BCUT2D eigenvalue weighted by Crippen LogP contribution is 2.26. The Hall–Kier alpha value is -1.93. The van der Waals surface area contributed by atoms with Gasteiger partial charge in [-0.3, -0.25) is 14.9 Å². The van der Waals surface area contributed by atoms with Crippen molar-refractivity contribution in [2.45, 2.75) is 43.8 Å². The van der Waals surface area contributed by atoms with Gasteiger partial charge in [0.05, 0.1) is 5.25 Å². The molecule has 8 heteroatoms. The molecule has 2 aromatic rings. The van der Waals surface area contributed by atoms with Gasteiger partial charge in [0, 0.05) is 17.0 Å². The zero-order valence-electron chi connectivity index (χ0n) is 13.8. The van der Waals surface area contributed by atoms with Gasteiger partial charge in [0.15, 0.2) is 0 Å². The fourth-order valence-electron chi connectivity index (χ4n) is 1.88. The second kappa shape index (κ2) is 8.79. The van der Waals surface area contributed by atoms with Gasteiger partial charge in [-0.15, -0.1) is 22.0 Å². The average Bonchev–Trinajstić information content (AvgIpc) is 2.94. The lowest BCUT2D eigenvalue weighted by atomic mass is 10.3. The molecule has 2 rings (SSSR count). The molecule has 0 saturated carbocycles. The van der Waals surface area contributed by atoms with Crippen LogP contribution in [0.15, 0.2) is 29.2 Å². The second-order valence-electron chi connectivity index (χ2n) is 5.20. The molecule has 0 saturated heterocycles. The molecule has 0 bridgehead atoms. The van der Waals surface area contributed by atoms with Crippen molar-refractivity contribution in [3.63, 3.8) is 0 Å². The Morgan fingerprint density at radius 2 is 1.92 bits per heavy atom. The second-order valence-corrected chi connectivity index (χ2v) is 7.79. The van der Waals surface area contributed by atoms with Crippen LogP contribution in [-0.2, 0) is 9.59 Å². The maximum atomic E-state index is 12.2. The largest absolute Gasteiger partial charge is 0.326 e. The van der Waals surface area contributed by atoms with E-state index in [1.54, 1.807) is 0 Å². The molecule has 128 valence electrons. The lowest BCUT2D eigenvalue weighted by Crippen LogP contribution is -2.22. The van der Waals surface area contributed by atoms with Gasteiger partial charge in [-0.1, -0.05) is 18.3 Å². The minimum atomic E-state index is -0.269. The number of amides is 2. The summed E-state index contributed by atoms with van der Waals surface area (Å²) in [5, 5.41) is 14.4. The minimum Gasteiger partial charge on any atom is -0.326 e. The van der Waals surface area contributed by atoms with Gasteiger partial charge < -0.3 is 5.32 Å². The van der Waals surface area contributed by atoms with Crippen molar-refractivity contribution < 1.29 is 9.59 Å². The Kier molecular flexibility index (Phi) is 6.74. The lowest BCUT2D eigenvalue weighted by molar-refractivity contribution is -0.116. The first-order valence-corrected chi connectivity index (χ1v) is 9.35. The quantitative estimate of drug-likeness (QED) is 0.732. The first-order valence-electron chi connectivity index (χ1n) is 7.65. The summed E-state index contributed by atoms with van der Waals surface area (Å²) in [6.45, 7) is 5.64. The van der Waals surface area contributed by atoms with E-state index in [1.807, 2.05) is 45.0 Å². The summed E-state index contributed by atoms with van der Waals surface area (Å²) in [5.41, 5.74) is 0.763. The van der Waals surface area contributed by atoms with Crippen molar-refractivity contribution in [3.05, 3.63) is 29.3 Å². The van der Waals surface area contributed by atoms with Crippen molar-refractivity contribution in [1.82, 2.24) is 10.2 Å². The number of rotatable bonds is 7. The van der Waals surface area contributed by atoms with Gasteiger partial charge in [0.2, 0.25) is 16.9 Å². The van der Waals surface area contributed by atoms with Gasteiger partial charge in [-0.05, 0) is 44.5 Å². The van der Waals surface area contributed by atoms with E-state index < -0.39 is 0 Å². The predicted molar refractivity (Wildman–Crippen MR) is 98.6 cm³/mol. The molecule has 1 aromatic carbocycles. The summed E-state index contributed by atoms with van der Waals surface area (Å²) in [6.07, 6.45) is 1.33. The molecule has 2 amide bonds. The minimum absolute atomic E-state index is 0.0120. The third-order valence-corrected chi connectivity index (χ3v) is 4.92. The smallest absolute Gasteiger partial charge is 0.239 e. The normalized spacial score (nSPS) is 11.8. The van der Waals surface area contributed by atoms with Crippen molar-refractivity contribution >= 4 is 45.7 Å². The molecule has 0 aliphatic rings. The van der Waals surface area contributed by atoms with Crippen LogP contribution in [0, 0.1) is 6.92 Å². The highest BCUT2D eigenvalue weighted by Gasteiger charge is 2.16. The van der Waals surface area contributed by atoms with Gasteiger partial charge in [-0.2, -0.15) is 0 Å². The van der Waals surface area contributed by atoms with E-state index in [0.29, 0.717) is 11.6 Å². The Balaban J connectivity index is 1.88. The Bertz CT molecular complexity index is 700. The van der Waals surface area contributed by atoms with Crippen LogP contribution in [0.4, 0.5) is 10.8 Å². The van der Waals surface area contributed by atoms with E-state index in [9.17, 15) is 9.59 Å². The maximum absolute atomic E-state index is 12.2. The monoisotopic (exact) mass is 364 g/mol. The van der Waals surface area contributed by atoms with Crippen LogP contribution in [0.5, 0.6) is 0 Å². The molecule has 0 radical (unpaired) electrons. The number of aryl methyl sites for hydroxylation is 1. The van der Waals surface area contributed by atoms with E-state index in [0.717, 1.165) is 22.0 Å². The van der Waals surface area contributed by atoms with Crippen LogP contribution in [0.25, 0.3) is 0 Å². The standard InChI is InChI=1S/C16H20N4O2S2/c1-4-5-14(21)17-12-6-8-13(9-7-12)23-10(2)15(22)18-16-20-19-11(3)24-16/h6-10H,4-5H2,1-3H3,(H,17,21)(H,18,20,22). The van der Waals surface area contributed by atoms with Crippen LogP contribution >= 0.6 is 23.1 Å². The molecule has 6 nitrogen and oxygen atoms in total. The summed E-state index contributed by atoms with van der Waals surface area (Å²) in [4.78, 5) is 24.7. The Labute approximate surface area is 149 Å². The third-order valence-electron chi connectivity index (χ3n) is 3.05. The highest BCUT2D eigenvalue weighted by atomic mass is 32.2. The van der Waals surface area contributed by atoms with Gasteiger partial charge in [-0.25, -0.2) is 0 Å². The molecule has 0 aliphatic carbocycles. The Morgan fingerprint density at radius 3 is 2.50 bits per heavy atom. The van der Waals surface area contributed by atoms with Crippen molar-refractivity contribution in [2.24, 2.45) is 0 Å². The average molecular weight is 364 g/mol. The molecular formula is C16H20N4O2S2. The van der Waals surface area contributed by atoms with E-state index in [1.165, 1.54) is 23.1 Å². The molecule has 1 atom stereocenters. The van der Waals surface area contributed by atoms with Crippen molar-refractivity contribution in [2.75, 3.05) is 10.6 Å². The number of hydrogen-bond donors (Lipinski definition) is 2. The molecule has 0 fully saturated rings. The van der Waals surface area contributed by atoms with Gasteiger partial charge in [0.25, 0.3) is 0 Å². The molecule has 24 heavy (non-hydrogen) atoms. The number of hydrogen-bond acceptors (Lipinski definition) is 6. The molecule has 1 aromatic heterocycles. The van der Waals surface area contributed by atoms with Crippen LogP contribution in [0.2, 0.25) is 0 Å². The van der Waals surface area contributed by atoms with E-state index in [4.69, 9.17) is 0 Å². The number of aromatic nitrogens is 2. The summed E-state index contributed by atoms with van der Waals surface area (Å²) >= 11 is 2.79. The summed E-state index contributed by atoms with van der Waals surface area (Å²) in [5.74, 6) is -0.102. The number of carbonyl (C=O) groups is 2. The van der Waals surface area contributed by atoms with Gasteiger partial charge in [0.1, 0.15) is 5.01 Å². The van der Waals surface area contributed by atoms with E-state index in [-0.39, 0.29) is 17.1 Å². The highest BCUT2D eigenvalue weighted by molar-refractivity contribution is 8.00. The molecule has 1 heterocycles. The number of carbonyl (C=O) groups excluding carboxylic acids is 2. The van der Waals surface area contributed by atoms with Gasteiger partial charge >= 0.3 is 0 Å². The number of nitrogens with one attached hydrogen (secondary N) is 2. The van der Waals surface area contributed by atoms with E-state index in [2.05, 4.69) is 20.8 Å². The number of benzene rings is 1. The fraction of sp³-hybridized carbons (Fsp3) is 0.375. The molecule has 0 aliphatic heterocycles. The number of thioether (sulfide) groups is 1. The first-order chi connectivity index (χ1) is 11.5. The SMILES string of the molecule is CCCC(=O)Nc1ccc(SC(C)C(=O)Nc2nnc(C)s2)cc1. The summed E-state index contributed by atoms with van der Waals surface area (Å²) in [7, 11) is 0. The fourth-order valence-corrected chi connectivity index (χ4v) is 3.34. The zero-order chi connectivity index (χ0) is 17.5. The number of anilines is 2. The first kappa shape index (κ1) is 18.4. The third kappa shape index (κ3) is 5.61. The molecular weight excluding hydrogens is 344 g/mol. The van der Waals surface area contributed by atoms with Crippen LogP contribution in [-0.4, -0.2) is 27.3 Å². The molecule has 1 unspecified atom stereocenters. The van der Waals surface area contributed by atoms with Crippen LogP contribution in [0.3, 0.4) is 0 Å². The predicted octanol–water partition coefficient (Wildman–Crippen LogP) is 3.70. The maximum Gasteiger partial charge on any atom is 0.239 e. The lowest BCUT2D eigenvalue weighted by Gasteiger charge is -2.11. The van der Waals surface area contributed by atoms with Crippen LogP contribution in [0.1, 0.15) is 31.7 Å². The van der Waals surface area contributed by atoms with E-state index >= 15 is 0 Å². The Morgan fingerprint density at radius 1 is 1.21 bits per heavy atom. The summed E-state index contributed by atoms with van der Waals surface area (Å²) < 4.78 is 0. The van der Waals surface area contributed by atoms with Crippen molar-refractivity contribution in [1.29, 1.82) is 0 Å². The number of nitrogens with zero attached hydrogens (tertiary/aromatic N) is 2. The topological polar surface area (TPSA) is 84.0 Å². The van der Waals surface area contributed by atoms with Crippen molar-refractivity contribution in [3.8, 4) is 0 Å². The molecule has 0 spiro atoms. The summed E-state index contributed by atoms with van der Waals surface area (Å²) in [6, 6.07) is 7.47. The zero-order valence-corrected chi connectivity index (χ0v) is 15.5. The molecule has 2 N–H and O–H groups in total.